The van der Waals surface area contributed by atoms with E-state index in [1.807, 2.05) is 24.3 Å². The van der Waals surface area contributed by atoms with Gasteiger partial charge in [-0.15, -0.1) is 0 Å². The SMILES string of the molecule is CC(C)S(=O)(=O)N[C@H]1CC[C@H](CNc2ccc(C(C)(C)O)cc2)CC1. The van der Waals surface area contributed by atoms with E-state index in [0.29, 0.717) is 5.92 Å². The second kappa shape index (κ2) is 8.06. The monoisotopic (exact) mass is 368 g/mol. The lowest BCUT2D eigenvalue weighted by molar-refractivity contribution is 0.0786. The molecule has 0 aliphatic heterocycles. The van der Waals surface area contributed by atoms with Crippen molar-refractivity contribution in [3.63, 3.8) is 0 Å². The van der Waals surface area contributed by atoms with E-state index in [1.54, 1.807) is 27.7 Å². The van der Waals surface area contributed by atoms with Crippen LogP contribution >= 0.6 is 0 Å². The highest BCUT2D eigenvalue weighted by molar-refractivity contribution is 7.90. The maximum absolute atomic E-state index is 11.9. The molecule has 1 aliphatic carbocycles. The Kier molecular flexibility index (Phi) is 6.51. The number of rotatable bonds is 7. The van der Waals surface area contributed by atoms with Gasteiger partial charge in [-0.05, 0) is 77.0 Å². The van der Waals surface area contributed by atoms with E-state index in [4.69, 9.17) is 0 Å². The Balaban J connectivity index is 1.77. The number of aliphatic hydroxyl groups is 1. The Labute approximate surface area is 152 Å². The topological polar surface area (TPSA) is 78.4 Å². The summed E-state index contributed by atoms with van der Waals surface area (Å²) in [5, 5.41) is 13.1. The molecule has 0 unspecified atom stereocenters. The lowest BCUT2D eigenvalue weighted by atomic mass is 9.86. The minimum absolute atomic E-state index is 0.0784. The van der Waals surface area contributed by atoms with Crippen LogP contribution in [0, 0.1) is 5.92 Å². The second-order valence-corrected chi connectivity index (χ2v) is 10.2. The first-order valence-electron chi connectivity index (χ1n) is 9.16. The Morgan fingerprint density at radius 1 is 1.12 bits per heavy atom. The van der Waals surface area contributed by atoms with Gasteiger partial charge in [-0.3, -0.25) is 0 Å². The van der Waals surface area contributed by atoms with Crippen molar-refractivity contribution in [3.05, 3.63) is 29.8 Å². The van der Waals surface area contributed by atoms with Crippen LogP contribution in [0.5, 0.6) is 0 Å². The maximum Gasteiger partial charge on any atom is 0.214 e. The average molecular weight is 369 g/mol. The molecule has 1 saturated carbocycles. The van der Waals surface area contributed by atoms with Gasteiger partial charge in [0.25, 0.3) is 0 Å². The Bertz CT molecular complexity index is 640. The number of benzene rings is 1. The van der Waals surface area contributed by atoms with Crippen LogP contribution in [-0.2, 0) is 15.6 Å². The third-order valence-corrected chi connectivity index (χ3v) is 6.89. The Hall–Kier alpha value is -1.11. The molecule has 0 atom stereocenters. The highest BCUT2D eigenvalue weighted by Gasteiger charge is 2.26. The van der Waals surface area contributed by atoms with E-state index in [2.05, 4.69) is 10.0 Å². The standard InChI is InChI=1S/C19H32N2O3S/c1-14(2)25(23,24)21-18-9-5-15(6-10-18)13-20-17-11-7-16(8-12-17)19(3,4)22/h7-8,11-12,14-15,18,20-22H,5-6,9-10,13H2,1-4H3/t15-,18-. The van der Waals surface area contributed by atoms with E-state index < -0.39 is 15.6 Å². The minimum Gasteiger partial charge on any atom is -0.386 e. The predicted octanol–water partition coefficient (Wildman–Crippen LogP) is 3.21. The fourth-order valence-corrected chi connectivity index (χ4v) is 4.08. The molecule has 0 saturated heterocycles. The molecule has 1 aliphatic rings. The Morgan fingerprint density at radius 2 is 1.68 bits per heavy atom. The zero-order chi connectivity index (χ0) is 18.7. The van der Waals surface area contributed by atoms with Crippen LogP contribution < -0.4 is 10.0 Å². The molecule has 5 nitrogen and oxygen atoms in total. The molecular weight excluding hydrogens is 336 g/mol. The van der Waals surface area contributed by atoms with Crippen molar-refractivity contribution in [2.45, 2.75) is 70.3 Å². The fourth-order valence-electron chi connectivity index (χ4n) is 3.11. The molecule has 3 N–H and O–H groups in total. The van der Waals surface area contributed by atoms with Crippen molar-refractivity contribution >= 4 is 15.7 Å². The van der Waals surface area contributed by atoms with Crippen molar-refractivity contribution in [1.82, 2.24) is 4.72 Å². The fraction of sp³-hybridized carbons (Fsp3) is 0.684. The summed E-state index contributed by atoms with van der Waals surface area (Å²) in [5.74, 6) is 0.564. The summed E-state index contributed by atoms with van der Waals surface area (Å²) >= 11 is 0. The molecule has 0 amide bonds. The summed E-state index contributed by atoms with van der Waals surface area (Å²) in [4.78, 5) is 0. The molecule has 1 aromatic rings. The molecule has 0 heterocycles. The van der Waals surface area contributed by atoms with Crippen LogP contribution in [0.2, 0.25) is 0 Å². The van der Waals surface area contributed by atoms with Gasteiger partial charge in [0.15, 0.2) is 0 Å². The van der Waals surface area contributed by atoms with Crippen molar-refractivity contribution < 1.29 is 13.5 Å². The van der Waals surface area contributed by atoms with E-state index in [1.165, 1.54) is 0 Å². The average Bonchev–Trinajstić information content (AvgIpc) is 2.53. The molecule has 6 heteroatoms. The highest BCUT2D eigenvalue weighted by Crippen LogP contribution is 2.26. The minimum atomic E-state index is -3.17. The second-order valence-electron chi connectivity index (χ2n) is 7.95. The van der Waals surface area contributed by atoms with Crippen LogP contribution in [-0.4, -0.2) is 31.4 Å². The number of sulfonamides is 1. The third-order valence-electron chi connectivity index (χ3n) is 4.98. The molecule has 1 fully saturated rings. The highest BCUT2D eigenvalue weighted by atomic mass is 32.2. The summed E-state index contributed by atoms with van der Waals surface area (Å²) in [6.07, 6.45) is 3.85. The maximum atomic E-state index is 11.9. The summed E-state index contributed by atoms with van der Waals surface area (Å²) in [7, 11) is -3.17. The van der Waals surface area contributed by atoms with E-state index in [0.717, 1.165) is 43.5 Å². The first-order valence-corrected chi connectivity index (χ1v) is 10.7. The Morgan fingerprint density at radius 3 is 2.16 bits per heavy atom. The molecule has 25 heavy (non-hydrogen) atoms. The van der Waals surface area contributed by atoms with Gasteiger partial charge < -0.3 is 10.4 Å². The largest absolute Gasteiger partial charge is 0.386 e. The van der Waals surface area contributed by atoms with Crippen molar-refractivity contribution in [3.8, 4) is 0 Å². The van der Waals surface area contributed by atoms with Crippen molar-refractivity contribution in [2.75, 3.05) is 11.9 Å². The van der Waals surface area contributed by atoms with Crippen molar-refractivity contribution in [1.29, 1.82) is 0 Å². The smallest absolute Gasteiger partial charge is 0.214 e. The van der Waals surface area contributed by atoms with E-state index in [9.17, 15) is 13.5 Å². The molecule has 0 radical (unpaired) electrons. The van der Waals surface area contributed by atoms with Gasteiger partial charge in [0.2, 0.25) is 10.0 Å². The third kappa shape index (κ3) is 5.97. The summed E-state index contributed by atoms with van der Waals surface area (Å²) in [6, 6.07) is 7.96. The van der Waals surface area contributed by atoms with Crippen LogP contribution in [0.3, 0.4) is 0 Å². The van der Waals surface area contributed by atoms with Gasteiger partial charge in [-0.25, -0.2) is 13.1 Å². The molecule has 0 spiro atoms. The zero-order valence-corrected chi connectivity index (χ0v) is 16.6. The van der Waals surface area contributed by atoms with Crippen LogP contribution in [0.4, 0.5) is 5.69 Å². The van der Waals surface area contributed by atoms with Crippen LogP contribution in [0.1, 0.15) is 58.9 Å². The zero-order valence-electron chi connectivity index (χ0n) is 15.7. The van der Waals surface area contributed by atoms with Gasteiger partial charge in [0, 0.05) is 18.3 Å². The number of hydrogen-bond donors (Lipinski definition) is 3. The summed E-state index contributed by atoms with van der Waals surface area (Å²) in [6.45, 7) is 7.87. The predicted molar refractivity (Wildman–Crippen MR) is 103 cm³/mol. The lowest BCUT2D eigenvalue weighted by Crippen LogP contribution is -2.41. The lowest BCUT2D eigenvalue weighted by Gasteiger charge is -2.29. The van der Waals surface area contributed by atoms with Gasteiger partial charge in [-0.2, -0.15) is 0 Å². The quantitative estimate of drug-likeness (QED) is 0.690. The molecule has 1 aromatic carbocycles. The van der Waals surface area contributed by atoms with E-state index in [-0.39, 0.29) is 11.3 Å². The van der Waals surface area contributed by atoms with Gasteiger partial charge in [0.05, 0.1) is 10.9 Å². The molecule has 0 aromatic heterocycles. The molecule has 142 valence electrons. The summed E-state index contributed by atoms with van der Waals surface area (Å²) in [5.41, 5.74) is 1.13. The summed E-state index contributed by atoms with van der Waals surface area (Å²) < 4.78 is 26.7. The van der Waals surface area contributed by atoms with Crippen molar-refractivity contribution in [2.24, 2.45) is 5.92 Å². The van der Waals surface area contributed by atoms with Gasteiger partial charge in [0.1, 0.15) is 0 Å². The number of anilines is 1. The van der Waals surface area contributed by atoms with Crippen LogP contribution in [0.15, 0.2) is 24.3 Å². The first-order chi connectivity index (χ1) is 11.6. The van der Waals surface area contributed by atoms with E-state index >= 15 is 0 Å². The first kappa shape index (κ1) is 20.2. The number of hydrogen-bond acceptors (Lipinski definition) is 4. The molecule has 0 bridgehead atoms. The van der Waals surface area contributed by atoms with Gasteiger partial charge in [-0.1, -0.05) is 12.1 Å². The molecular formula is C19H32N2O3S. The van der Waals surface area contributed by atoms with Gasteiger partial charge >= 0.3 is 0 Å². The van der Waals surface area contributed by atoms with Crippen LogP contribution in [0.25, 0.3) is 0 Å². The normalized spacial score (nSPS) is 22.2. The molecule has 2 rings (SSSR count). The number of nitrogens with one attached hydrogen (secondary N) is 2.